The minimum absolute atomic E-state index is 0.772. The van der Waals surface area contributed by atoms with E-state index in [1.165, 1.54) is 116 Å². The monoisotopic (exact) mass is 416 g/mol. The highest BCUT2D eigenvalue weighted by Gasteiger charge is 2.02. The molecule has 0 aromatic rings. The van der Waals surface area contributed by atoms with Crippen molar-refractivity contribution in [1.82, 2.24) is 0 Å². The summed E-state index contributed by atoms with van der Waals surface area (Å²) in [6.07, 6.45) is 29.9. The van der Waals surface area contributed by atoms with Crippen LogP contribution >= 0.6 is 0 Å². The fraction of sp³-hybridized carbons (Fsp3) is 0.867. The van der Waals surface area contributed by atoms with Crippen LogP contribution in [-0.2, 0) is 0 Å². The van der Waals surface area contributed by atoms with Crippen LogP contribution in [0.5, 0.6) is 0 Å². The third kappa shape index (κ3) is 23.8. The van der Waals surface area contributed by atoms with E-state index < -0.39 is 0 Å². The zero-order valence-electron chi connectivity index (χ0n) is 21.1. The summed E-state index contributed by atoms with van der Waals surface area (Å²) < 4.78 is 0. The molecule has 2 atom stereocenters. The molecule has 30 heavy (non-hydrogen) atoms. The molecule has 0 aliphatic rings. The zero-order valence-corrected chi connectivity index (χ0v) is 21.1. The minimum atomic E-state index is 0.772. The first-order valence-corrected chi connectivity index (χ1v) is 13.7. The van der Waals surface area contributed by atoms with Crippen molar-refractivity contribution >= 4 is 0 Å². The van der Waals surface area contributed by atoms with Gasteiger partial charge in [0.2, 0.25) is 0 Å². The van der Waals surface area contributed by atoms with Crippen molar-refractivity contribution in [3.63, 3.8) is 0 Å². The molecule has 0 N–H and O–H groups in total. The van der Waals surface area contributed by atoms with E-state index in [1.54, 1.807) is 0 Å². The molecule has 0 saturated carbocycles. The third-order valence-electron chi connectivity index (χ3n) is 6.47. The highest BCUT2D eigenvalue weighted by molar-refractivity contribution is 4.99. The molecule has 0 fully saturated rings. The van der Waals surface area contributed by atoms with Gasteiger partial charge in [-0.15, -0.1) is 11.8 Å². The normalized spacial score (nSPS) is 13.1. The second-order valence-electron chi connectivity index (χ2n) is 9.89. The van der Waals surface area contributed by atoms with Gasteiger partial charge in [0.25, 0.3) is 0 Å². The molecule has 0 amide bonds. The number of hydrogen-bond acceptors (Lipinski definition) is 0. The van der Waals surface area contributed by atoms with E-state index in [9.17, 15) is 0 Å². The highest BCUT2D eigenvalue weighted by atomic mass is 14.1. The van der Waals surface area contributed by atoms with E-state index >= 15 is 0 Å². The Morgan fingerprint density at radius 2 is 0.867 bits per heavy atom. The Labute approximate surface area is 192 Å². The van der Waals surface area contributed by atoms with Gasteiger partial charge in [-0.1, -0.05) is 143 Å². The van der Waals surface area contributed by atoms with Gasteiger partial charge < -0.3 is 0 Å². The van der Waals surface area contributed by atoms with Crippen LogP contribution in [0.3, 0.4) is 0 Å². The molecule has 0 heterocycles. The van der Waals surface area contributed by atoms with Gasteiger partial charge in [0, 0.05) is 12.8 Å². The van der Waals surface area contributed by atoms with Gasteiger partial charge >= 0.3 is 0 Å². The second kappa shape index (κ2) is 24.8. The average molecular weight is 417 g/mol. The quantitative estimate of drug-likeness (QED) is 0.122. The molecule has 176 valence electrons. The van der Waals surface area contributed by atoms with Crippen LogP contribution < -0.4 is 0 Å². The minimum Gasteiger partial charge on any atom is -0.103 e. The first kappa shape index (κ1) is 29.6. The molecule has 0 bridgehead atoms. The SMILES string of the molecule is [CH2]CCC#CCC(C)CCCCCCCCCCCCCCC(C)CCCCC[CH2]. The predicted molar refractivity (Wildman–Crippen MR) is 138 cm³/mol. The van der Waals surface area contributed by atoms with Crippen molar-refractivity contribution in [2.24, 2.45) is 11.8 Å². The van der Waals surface area contributed by atoms with E-state index in [-0.39, 0.29) is 0 Å². The largest absolute Gasteiger partial charge is 0.103 e. The maximum Gasteiger partial charge on any atom is 0.0114 e. The number of rotatable bonds is 22. The van der Waals surface area contributed by atoms with Gasteiger partial charge in [-0.3, -0.25) is 0 Å². The lowest BCUT2D eigenvalue weighted by atomic mass is 9.96. The summed E-state index contributed by atoms with van der Waals surface area (Å²) in [5.74, 6) is 8.23. The summed E-state index contributed by atoms with van der Waals surface area (Å²) in [6, 6.07) is 0. The molecule has 2 unspecified atom stereocenters. The van der Waals surface area contributed by atoms with Crippen molar-refractivity contribution in [3.8, 4) is 11.8 Å². The molecule has 0 aliphatic carbocycles. The van der Waals surface area contributed by atoms with Crippen LogP contribution in [0.25, 0.3) is 0 Å². The van der Waals surface area contributed by atoms with E-state index in [0.717, 1.165) is 37.5 Å². The van der Waals surface area contributed by atoms with Gasteiger partial charge in [-0.05, 0) is 24.7 Å². The van der Waals surface area contributed by atoms with Crippen molar-refractivity contribution in [2.45, 2.75) is 155 Å². The first-order chi connectivity index (χ1) is 14.7. The van der Waals surface area contributed by atoms with Gasteiger partial charge in [-0.25, -0.2) is 0 Å². The van der Waals surface area contributed by atoms with Crippen molar-refractivity contribution in [2.75, 3.05) is 0 Å². The third-order valence-corrected chi connectivity index (χ3v) is 6.47. The maximum absolute atomic E-state index is 3.93. The molecule has 0 nitrogen and oxygen atoms in total. The topological polar surface area (TPSA) is 0 Å². The van der Waals surface area contributed by atoms with E-state index in [0.29, 0.717) is 0 Å². The van der Waals surface area contributed by atoms with Crippen LogP contribution in [0.4, 0.5) is 0 Å². The standard InChI is InChI=1S/C30H56/c1-5-7-9-21-25-29(3)27-23-19-17-15-13-11-12-14-16-18-20-24-28-30(4)26-22-10-8-6-2/h29-30H,1-2,5-9,11-21,23-28H2,3-4H3. The smallest absolute Gasteiger partial charge is 0.0114 e. The Hall–Kier alpha value is -0.440. The van der Waals surface area contributed by atoms with Gasteiger partial charge in [0.05, 0.1) is 0 Å². The summed E-state index contributed by atoms with van der Waals surface area (Å²) in [6.45, 7) is 12.6. The van der Waals surface area contributed by atoms with Crippen LogP contribution in [0, 0.1) is 37.5 Å². The zero-order chi connectivity index (χ0) is 22.1. The molecule has 0 saturated heterocycles. The van der Waals surface area contributed by atoms with Crippen LogP contribution in [-0.4, -0.2) is 0 Å². The van der Waals surface area contributed by atoms with Crippen molar-refractivity contribution in [1.29, 1.82) is 0 Å². The highest BCUT2D eigenvalue weighted by Crippen LogP contribution is 2.19. The van der Waals surface area contributed by atoms with E-state index in [4.69, 9.17) is 0 Å². The fourth-order valence-electron chi connectivity index (χ4n) is 4.27. The molecular formula is C30H56. The lowest BCUT2D eigenvalue weighted by Crippen LogP contribution is -1.95. The predicted octanol–water partition coefficient (Wildman–Crippen LogP) is 10.5. The van der Waals surface area contributed by atoms with Crippen molar-refractivity contribution in [3.05, 3.63) is 13.8 Å². The van der Waals surface area contributed by atoms with Crippen LogP contribution in [0.2, 0.25) is 0 Å². The maximum atomic E-state index is 3.93. The molecule has 0 aromatic carbocycles. The Morgan fingerprint density at radius 1 is 0.467 bits per heavy atom. The average Bonchev–Trinajstić information content (AvgIpc) is 2.74. The molecule has 0 aliphatic heterocycles. The Morgan fingerprint density at radius 3 is 1.30 bits per heavy atom. The molecule has 2 radical (unpaired) electrons. The molecule has 0 heteroatoms. The van der Waals surface area contributed by atoms with E-state index in [2.05, 4.69) is 39.5 Å². The first-order valence-electron chi connectivity index (χ1n) is 13.7. The summed E-state index contributed by atoms with van der Waals surface area (Å²) in [4.78, 5) is 0. The van der Waals surface area contributed by atoms with Gasteiger partial charge in [-0.2, -0.15) is 0 Å². The summed E-state index contributed by atoms with van der Waals surface area (Å²) in [5.41, 5.74) is 0. The summed E-state index contributed by atoms with van der Waals surface area (Å²) in [5, 5.41) is 0. The number of hydrogen-bond donors (Lipinski definition) is 0. The molecule has 0 rings (SSSR count). The van der Waals surface area contributed by atoms with Gasteiger partial charge in [0.1, 0.15) is 0 Å². The Kier molecular flexibility index (Phi) is 24.5. The summed E-state index contributed by atoms with van der Waals surface area (Å²) >= 11 is 0. The van der Waals surface area contributed by atoms with Gasteiger partial charge in [0.15, 0.2) is 0 Å². The van der Waals surface area contributed by atoms with E-state index in [1.807, 2.05) is 0 Å². The van der Waals surface area contributed by atoms with Crippen LogP contribution in [0.15, 0.2) is 0 Å². The fourth-order valence-corrected chi connectivity index (χ4v) is 4.27. The second-order valence-corrected chi connectivity index (χ2v) is 9.89. The number of unbranched alkanes of at least 4 members (excludes halogenated alkanes) is 15. The lowest BCUT2D eigenvalue weighted by Gasteiger charge is -2.10. The molecule has 0 aromatic heterocycles. The van der Waals surface area contributed by atoms with Crippen molar-refractivity contribution < 1.29 is 0 Å². The lowest BCUT2D eigenvalue weighted by molar-refractivity contribution is 0.433. The Bertz CT molecular complexity index is 371. The Balaban J connectivity index is 3.20. The summed E-state index contributed by atoms with van der Waals surface area (Å²) in [7, 11) is 0. The molecular weight excluding hydrogens is 360 g/mol. The molecule has 0 spiro atoms. The van der Waals surface area contributed by atoms with Crippen LogP contribution in [0.1, 0.15) is 155 Å².